The second-order valence-electron chi connectivity index (χ2n) is 8.01. The van der Waals surface area contributed by atoms with Gasteiger partial charge in [0.1, 0.15) is 0 Å². The van der Waals surface area contributed by atoms with Gasteiger partial charge in [-0.1, -0.05) is 42.5 Å². The molecule has 1 amide bonds. The molecule has 3 aromatic rings. The number of ketones is 1. The maximum atomic E-state index is 12.6. The van der Waals surface area contributed by atoms with Gasteiger partial charge in [0.05, 0.1) is 27.9 Å². The second-order valence-corrected chi connectivity index (χ2v) is 9.05. The Balaban J connectivity index is 1.55. The molecule has 0 aliphatic carbocycles. The van der Waals surface area contributed by atoms with Gasteiger partial charge in [0.2, 0.25) is 5.91 Å². The van der Waals surface area contributed by atoms with Crippen LogP contribution in [0.4, 0.5) is 17.1 Å². The van der Waals surface area contributed by atoms with Crippen molar-refractivity contribution < 1.29 is 9.59 Å². The van der Waals surface area contributed by atoms with Gasteiger partial charge in [-0.25, -0.2) is 4.99 Å². The molecular weight excluding hydrogens is 430 g/mol. The zero-order chi connectivity index (χ0) is 23.4. The topological polar surface area (TPSA) is 70.9 Å². The number of fused-ring (bicyclic) bond motifs is 1. The van der Waals surface area contributed by atoms with E-state index in [1.54, 1.807) is 24.3 Å². The van der Waals surface area contributed by atoms with Crippen LogP contribution in [-0.4, -0.2) is 28.2 Å². The maximum Gasteiger partial charge on any atom is 0.234 e. The van der Waals surface area contributed by atoms with E-state index >= 15 is 0 Å². The largest absolute Gasteiger partial charge is 0.325 e. The summed E-state index contributed by atoms with van der Waals surface area (Å²) in [6.07, 6.45) is 0.550. The number of benzene rings is 3. The Morgan fingerprint density at radius 3 is 2.30 bits per heavy atom. The molecular formula is C27H25N3O2S. The number of nitrogens with one attached hydrogen (secondary N) is 1. The lowest BCUT2D eigenvalue weighted by Gasteiger charge is -2.09. The average Bonchev–Trinajstić information content (AvgIpc) is 2.98. The van der Waals surface area contributed by atoms with Gasteiger partial charge in [-0.2, -0.15) is 0 Å². The van der Waals surface area contributed by atoms with Crippen LogP contribution in [-0.2, 0) is 4.79 Å². The Kier molecular flexibility index (Phi) is 6.84. The van der Waals surface area contributed by atoms with Crippen LogP contribution in [0.15, 0.2) is 76.7 Å². The number of amides is 1. The zero-order valence-corrected chi connectivity index (χ0v) is 19.7. The number of aryl methyl sites for hydroxylation is 2. The van der Waals surface area contributed by atoms with E-state index in [2.05, 4.69) is 31.3 Å². The predicted octanol–water partition coefficient (Wildman–Crippen LogP) is 6.43. The Morgan fingerprint density at radius 2 is 1.61 bits per heavy atom. The van der Waals surface area contributed by atoms with Crippen LogP contribution in [0, 0.1) is 13.8 Å². The van der Waals surface area contributed by atoms with Crippen LogP contribution >= 0.6 is 11.8 Å². The molecule has 33 heavy (non-hydrogen) atoms. The molecule has 1 aliphatic heterocycles. The van der Waals surface area contributed by atoms with Crippen LogP contribution in [0.1, 0.15) is 40.4 Å². The first kappa shape index (κ1) is 22.7. The first-order valence-electron chi connectivity index (χ1n) is 10.7. The normalized spacial score (nSPS) is 12.8. The van der Waals surface area contributed by atoms with Crippen molar-refractivity contribution in [2.45, 2.75) is 27.2 Å². The Morgan fingerprint density at radius 1 is 0.909 bits per heavy atom. The van der Waals surface area contributed by atoms with Crippen molar-refractivity contribution in [2.24, 2.45) is 9.98 Å². The van der Waals surface area contributed by atoms with Gasteiger partial charge >= 0.3 is 0 Å². The summed E-state index contributed by atoms with van der Waals surface area (Å²) < 4.78 is 0. The van der Waals surface area contributed by atoms with E-state index in [1.807, 2.05) is 30.3 Å². The van der Waals surface area contributed by atoms with Gasteiger partial charge in [-0.05, 0) is 61.7 Å². The highest BCUT2D eigenvalue weighted by Gasteiger charge is 2.17. The number of carbonyl (C=O) groups excluding carboxylic acids is 2. The second kappa shape index (κ2) is 9.96. The van der Waals surface area contributed by atoms with Crippen LogP contribution < -0.4 is 5.32 Å². The van der Waals surface area contributed by atoms with Gasteiger partial charge in [-0.3, -0.25) is 14.6 Å². The summed E-state index contributed by atoms with van der Waals surface area (Å²) in [5.74, 6) is 0.0298. The van der Waals surface area contributed by atoms with Gasteiger partial charge in [-0.15, -0.1) is 11.8 Å². The van der Waals surface area contributed by atoms with Crippen LogP contribution in [0.5, 0.6) is 0 Å². The summed E-state index contributed by atoms with van der Waals surface area (Å²) in [6.45, 7) is 5.64. The summed E-state index contributed by atoms with van der Waals surface area (Å²) in [5.41, 5.74) is 7.14. The van der Waals surface area contributed by atoms with Crippen LogP contribution in [0.3, 0.4) is 0 Å². The fourth-order valence-corrected chi connectivity index (χ4v) is 4.28. The number of nitrogens with zero attached hydrogens (tertiary/aromatic N) is 2. The molecule has 166 valence electrons. The number of rotatable bonds is 5. The minimum atomic E-state index is -0.147. The van der Waals surface area contributed by atoms with E-state index < -0.39 is 0 Å². The minimum Gasteiger partial charge on any atom is -0.325 e. The van der Waals surface area contributed by atoms with E-state index in [1.165, 1.54) is 24.2 Å². The predicted molar refractivity (Wildman–Crippen MR) is 138 cm³/mol. The molecule has 4 rings (SSSR count). The molecule has 0 saturated heterocycles. The van der Waals surface area contributed by atoms with Gasteiger partial charge in [0, 0.05) is 17.7 Å². The van der Waals surface area contributed by atoms with Crippen molar-refractivity contribution >= 4 is 51.3 Å². The van der Waals surface area contributed by atoms with Crippen LogP contribution in [0.2, 0.25) is 0 Å². The molecule has 1 N–H and O–H groups in total. The lowest BCUT2D eigenvalue weighted by Crippen LogP contribution is -2.16. The smallest absolute Gasteiger partial charge is 0.234 e. The molecule has 5 nitrogen and oxygen atoms in total. The summed E-state index contributed by atoms with van der Waals surface area (Å²) in [6, 6.07) is 21.1. The van der Waals surface area contributed by atoms with Crippen molar-refractivity contribution in [1.29, 1.82) is 0 Å². The Labute approximate surface area is 198 Å². The molecule has 0 spiro atoms. The number of thioether (sulfide) groups is 1. The number of carbonyl (C=O) groups is 2. The Bertz CT molecular complexity index is 1280. The van der Waals surface area contributed by atoms with Crippen molar-refractivity contribution in [3.05, 3.63) is 89.0 Å². The fraction of sp³-hybridized carbons (Fsp3) is 0.185. The minimum absolute atomic E-state index is 0.0368. The first-order chi connectivity index (χ1) is 15.9. The van der Waals surface area contributed by atoms with Crippen molar-refractivity contribution in [1.82, 2.24) is 0 Å². The zero-order valence-electron chi connectivity index (χ0n) is 18.9. The van der Waals surface area contributed by atoms with Crippen molar-refractivity contribution in [3.8, 4) is 0 Å². The standard InChI is InChI=1S/C27H25N3O2S/c1-17-12-24-25(13-18(17)2)30-27(15-23(29-24)20-8-5-4-6-9-20)33-16-26(32)28-22-11-7-10-21(14-22)19(3)31/h4-14H,15-16H2,1-3H3,(H,28,32). The lowest BCUT2D eigenvalue weighted by molar-refractivity contribution is -0.113. The lowest BCUT2D eigenvalue weighted by atomic mass is 10.1. The highest BCUT2D eigenvalue weighted by molar-refractivity contribution is 8.14. The average molecular weight is 456 g/mol. The third-order valence-electron chi connectivity index (χ3n) is 5.44. The molecule has 0 atom stereocenters. The third kappa shape index (κ3) is 5.65. The first-order valence-corrected chi connectivity index (χ1v) is 11.7. The quantitative estimate of drug-likeness (QED) is 0.451. The monoisotopic (exact) mass is 455 g/mol. The molecule has 0 bridgehead atoms. The number of hydrogen-bond donors (Lipinski definition) is 1. The molecule has 0 saturated carbocycles. The highest BCUT2D eigenvalue weighted by atomic mass is 32.2. The number of Topliss-reactive ketones (excluding diaryl/α,β-unsaturated/α-hetero) is 1. The van der Waals surface area contributed by atoms with Gasteiger partial charge in [0.25, 0.3) is 0 Å². The van der Waals surface area contributed by atoms with E-state index in [0.29, 0.717) is 17.7 Å². The molecule has 0 fully saturated rings. The summed E-state index contributed by atoms with van der Waals surface area (Å²) in [5, 5.41) is 3.71. The molecule has 6 heteroatoms. The third-order valence-corrected chi connectivity index (χ3v) is 6.42. The Hall–Kier alpha value is -3.51. The molecule has 1 aliphatic rings. The number of anilines is 1. The molecule has 1 heterocycles. The van der Waals surface area contributed by atoms with E-state index in [-0.39, 0.29) is 17.4 Å². The molecule has 0 aromatic heterocycles. The fourth-order valence-electron chi connectivity index (χ4n) is 3.51. The summed E-state index contributed by atoms with van der Waals surface area (Å²) in [7, 11) is 0. The highest BCUT2D eigenvalue weighted by Crippen LogP contribution is 2.36. The summed E-state index contributed by atoms with van der Waals surface area (Å²) >= 11 is 1.41. The van der Waals surface area contributed by atoms with E-state index in [0.717, 1.165) is 33.3 Å². The van der Waals surface area contributed by atoms with Gasteiger partial charge in [0.15, 0.2) is 5.78 Å². The van der Waals surface area contributed by atoms with E-state index in [9.17, 15) is 9.59 Å². The number of aliphatic imine (C=N–C) groups is 2. The molecule has 0 unspecified atom stereocenters. The van der Waals surface area contributed by atoms with Crippen molar-refractivity contribution in [2.75, 3.05) is 11.1 Å². The molecule has 3 aromatic carbocycles. The van der Waals surface area contributed by atoms with Crippen molar-refractivity contribution in [3.63, 3.8) is 0 Å². The maximum absolute atomic E-state index is 12.6. The summed E-state index contributed by atoms with van der Waals surface area (Å²) in [4.78, 5) is 34.0. The molecule has 0 radical (unpaired) electrons. The SMILES string of the molecule is CC(=O)c1cccc(NC(=O)CSC2=Nc3cc(C)c(C)cc3N=C(c3ccccc3)C2)c1. The van der Waals surface area contributed by atoms with Gasteiger partial charge < -0.3 is 5.32 Å². The number of hydrogen-bond acceptors (Lipinski definition) is 5. The van der Waals surface area contributed by atoms with Crippen LogP contribution in [0.25, 0.3) is 0 Å². The van der Waals surface area contributed by atoms with E-state index in [4.69, 9.17) is 9.98 Å².